The Bertz CT molecular complexity index is 406. The van der Waals surface area contributed by atoms with Crippen molar-refractivity contribution in [1.29, 1.82) is 0 Å². The number of carboxylic acids is 1. The highest BCUT2D eigenvalue weighted by Crippen LogP contribution is 2.03. The zero-order chi connectivity index (χ0) is 12.0. The monoisotopic (exact) mass is 220 g/mol. The molecule has 1 N–H and O–H groups in total. The number of carbonyl (C=O) groups is 2. The zero-order valence-electron chi connectivity index (χ0n) is 8.84. The first-order valence-electron chi connectivity index (χ1n) is 4.72. The third-order valence-corrected chi connectivity index (χ3v) is 1.87. The summed E-state index contributed by atoms with van der Waals surface area (Å²) in [7, 11) is 0. The molecular weight excluding hydrogens is 208 g/mol. The van der Waals surface area contributed by atoms with Crippen molar-refractivity contribution in [3.8, 4) is 0 Å². The van der Waals surface area contributed by atoms with Crippen LogP contribution in [0.1, 0.15) is 12.5 Å². The van der Waals surface area contributed by atoms with E-state index in [9.17, 15) is 9.59 Å². The van der Waals surface area contributed by atoms with Crippen molar-refractivity contribution in [3.63, 3.8) is 0 Å². The van der Waals surface area contributed by atoms with Crippen LogP contribution in [0.15, 0.2) is 42.0 Å². The average Bonchev–Trinajstić information content (AvgIpc) is 2.26. The predicted octanol–water partition coefficient (Wildman–Crippen LogP) is 1.76. The first kappa shape index (κ1) is 12.0. The van der Waals surface area contributed by atoms with Crippen molar-refractivity contribution in [2.24, 2.45) is 0 Å². The van der Waals surface area contributed by atoms with E-state index in [1.165, 1.54) is 6.92 Å². The quantitative estimate of drug-likeness (QED) is 0.620. The van der Waals surface area contributed by atoms with Crippen LogP contribution < -0.4 is 0 Å². The van der Waals surface area contributed by atoms with Gasteiger partial charge in [-0.3, -0.25) is 0 Å². The van der Waals surface area contributed by atoms with Crippen molar-refractivity contribution >= 4 is 11.9 Å². The smallest absolute Gasteiger partial charge is 0.334 e. The number of aliphatic carboxylic acids is 1. The second kappa shape index (κ2) is 5.70. The molecule has 0 radical (unpaired) electrons. The summed E-state index contributed by atoms with van der Waals surface area (Å²) in [6.07, 6.45) is 0.827. The molecule has 0 fully saturated rings. The number of esters is 1. The third-order valence-electron chi connectivity index (χ3n) is 1.87. The zero-order valence-corrected chi connectivity index (χ0v) is 8.84. The molecule has 0 heterocycles. The first-order chi connectivity index (χ1) is 7.59. The predicted molar refractivity (Wildman–Crippen MR) is 57.6 cm³/mol. The normalized spacial score (nSPS) is 10.9. The van der Waals surface area contributed by atoms with E-state index in [0.717, 1.165) is 11.6 Å². The van der Waals surface area contributed by atoms with E-state index in [0.29, 0.717) is 0 Å². The second-order valence-corrected chi connectivity index (χ2v) is 3.23. The number of rotatable bonds is 4. The lowest BCUT2D eigenvalue weighted by Gasteiger charge is -2.04. The van der Waals surface area contributed by atoms with E-state index in [1.807, 2.05) is 30.3 Å². The molecular formula is C12H12O4. The number of carboxylic acid groups (broad SMARTS) is 1. The molecule has 1 aromatic carbocycles. The van der Waals surface area contributed by atoms with Gasteiger partial charge in [0.15, 0.2) is 0 Å². The highest BCUT2D eigenvalue weighted by Gasteiger charge is 2.07. The van der Waals surface area contributed by atoms with Crippen LogP contribution in [-0.2, 0) is 20.9 Å². The molecule has 4 nitrogen and oxygen atoms in total. The van der Waals surface area contributed by atoms with Crippen LogP contribution in [0.4, 0.5) is 0 Å². The molecule has 0 aliphatic rings. The fourth-order valence-corrected chi connectivity index (χ4v) is 1.08. The van der Waals surface area contributed by atoms with Gasteiger partial charge in [-0.15, -0.1) is 0 Å². The number of benzene rings is 1. The minimum atomic E-state index is -1.16. The fraction of sp³-hybridized carbons (Fsp3) is 0.167. The van der Waals surface area contributed by atoms with Crippen molar-refractivity contribution < 1.29 is 19.4 Å². The van der Waals surface area contributed by atoms with Gasteiger partial charge in [0, 0.05) is 11.6 Å². The van der Waals surface area contributed by atoms with Crippen molar-refractivity contribution in [2.75, 3.05) is 0 Å². The summed E-state index contributed by atoms with van der Waals surface area (Å²) in [6.45, 7) is 1.55. The van der Waals surface area contributed by atoms with E-state index in [4.69, 9.17) is 9.84 Å². The Morgan fingerprint density at radius 1 is 1.31 bits per heavy atom. The molecule has 0 aliphatic heterocycles. The summed E-state index contributed by atoms with van der Waals surface area (Å²) < 4.78 is 4.92. The topological polar surface area (TPSA) is 63.6 Å². The molecule has 1 aromatic rings. The third kappa shape index (κ3) is 3.96. The minimum absolute atomic E-state index is 0.0726. The number of carbonyl (C=O) groups excluding carboxylic acids is 1. The van der Waals surface area contributed by atoms with Crippen LogP contribution >= 0.6 is 0 Å². The molecule has 4 heteroatoms. The van der Waals surface area contributed by atoms with Gasteiger partial charge in [0.25, 0.3) is 0 Å². The van der Waals surface area contributed by atoms with Gasteiger partial charge in [0.05, 0.1) is 0 Å². The van der Waals surface area contributed by atoms with Crippen LogP contribution in [0.5, 0.6) is 0 Å². The van der Waals surface area contributed by atoms with Crippen molar-refractivity contribution in [3.05, 3.63) is 47.5 Å². The highest BCUT2D eigenvalue weighted by atomic mass is 16.5. The van der Waals surface area contributed by atoms with E-state index in [2.05, 4.69) is 0 Å². The lowest BCUT2D eigenvalue weighted by atomic mass is 10.2. The molecule has 0 amide bonds. The number of hydrogen-bond acceptors (Lipinski definition) is 3. The molecule has 0 bridgehead atoms. The van der Waals surface area contributed by atoms with E-state index in [-0.39, 0.29) is 12.2 Å². The summed E-state index contributed by atoms with van der Waals surface area (Å²) in [5, 5.41) is 8.43. The summed E-state index contributed by atoms with van der Waals surface area (Å²) >= 11 is 0. The Labute approximate surface area is 93.2 Å². The van der Waals surface area contributed by atoms with Gasteiger partial charge in [-0.25, -0.2) is 9.59 Å². The lowest BCUT2D eigenvalue weighted by Crippen LogP contribution is -2.07. The maximum atomic E-state index is 11.3. The standard InChI is InChI=1S/C12H12O4/c1-9(7-11(13)14)12(15)16-8-10-5-3-2-4-6-10/h2-7H,8H2,1H3,(H,13,14)/b9-7+. The van der Waals surface area contributed by atoms with Crippen LogP contribution in [0, 0.1) is 0 Å². The van der Waals surface area contributed by atoms with Gasteiger partial charge in [0.2, 0.25) is 0 Å². The Kier molecular flexibility index (Phi) is 4.27. The molecule has 0 unspecified atom stereocenters. The molecule has 0 aliphatic carbocycles. The maximum Gasteiger partial charge on any atom is 0.334 e. The SMILES string of the molecule is C/C(=C\C(=O)O)C(=O)OCc1ccccc1. The average molecular weight is 220 g/mol. The van der Waals surface area contributed by atoms with Gasteiger partial charge in [-0.2, -0.15) is 0 Å². The van der Waals surface area contributed by atoms with Gasteiger partial charge < -0.3 is 9.84 Å². The lowest BCUT2D eigenvalue weighted by molar-refractivity contribution is -0.141. The van der Waals surface area contributed by atoms with Gasteiger partial charge in [0.1, 0.15) is 6.61 Å². The molecule has 0 saturated heterocycles. The van der Waals surface area contributed by atoms with E-state index in [1.54, 1.807) is 0 Å². The maximum absolute atomic E-state index is 11.3. The minimum Gasteiger partial charge on any atom is -0.478 e. The Morgan fingerprint density at radius 2 is 1.94 bits per heavy atom. The Balaban J connectivity index is 2.51. The second-order valence-electron chi connectivity index (χ2n) is 3.23. The molecule has 16 heavy (non-hydrogen) atoms. The van der Waals surface area contributed by atoms with Crippen LogP contribution in [-0.4, -0.2) is 17.0 Å². The Hall–Kier alpha value is -2.10. The van der Waals surface area contributed by atoms with Crippen molar-refractivity contribution in [1.82, 2.24) is 0 Å². The number of ether oxygens (including phenoxy) is 1. The first-order valence-corrected chi connectivity index (χ1v) is 4.72. The van der Waals surface area contributed by atoms with Gasteiger partial charge in [-0.05, 0) is 12.5 Å². The molecule has 84 valence electrons. The van der Waals surface area contributed by atoms with Crippen molar-refractivity contribution in [2.45, 2.75) is 13.5 Å². The highest BCUT2D eigenvalue weighted by molar-refractivity contribution is 5.95. The summed E-state index contributed by atoms with van der Waals surface area (Å²) in [5.74, 6) is -1.78. The summed E-state index contributed by atoms with van der Waals surface area (Å²) in [5.41, 5.74) is 0.933. The largest absolute Gasteiger partial charge is 0.478 e. The van der Waals surface area contributed by atoms with Crippen LogP contribution in [0.3, 0.4) is 0 Å². The van der Waals surface area contributed by atoms with Crippen LogP contribution in [0.25, 0.3) is 0 Å². The summed E-state index contributed by atoms with van der Waals surface area (Å²) in [6, 6.07) is 9.18. The molecule has 0 atom stereocenters. The van der Waals surface area contributed by atoms with Gasteiger partial charge >= 0.3 is 11.9 Å². The Morgan fingerprint density at radius 3 is 2.50 bits per heavy atom. The van der Waals surface area contributed by atoms with Crippen LogP contribution in [0.2, 0.25) is 0 Å². The van der Waals surface area contributed by atoms with E-state index < -0.39 is 11.9 Å². The molecule has 0 spiro atoms. The van der Waals surface area contributed by atoms with Gasteiger partial charge in [-0.1, -0.05) is 30.3 Å². The molecule has 0 saturated carbocycles. The molecule has 1 rings (SSSR count). The van der Waals surface area contributed by atoms with E-state index >= 15 is 0 Å². The molecule has 0 aromatic heterocycles. The number of hydrogen-bond donors (Lipinski definition) is 1. The fourth-order valence-electron chi connectivity index (χ4n) is 1.08. The summed E-state index contributed by atoms with van der Waals surface area (Å²) in [4.78, 5) is 21.6.